The SMILES string of the molecule is C[C@@]12CC[C@H]3[C@@H](CCC4CCCC[C@@]43C)[C@@H]1CCC2=O. The first-order chi connectivity index (χ1) is 9.56. The molecule has 4 aliphatic rings. The van der Waals surface area contributed by atoms with Gasteiger partial charge >= 0.3 is 0 Å². The summed E-state index contributed by atoms with van der Waals surface area (Å²) in [7, 11) is 0. The van der Waals surface area contributed by atoms with E-state index in [0.717, 1.165) is 30.1 Å². The molecule has 112 valence electrons. The average Bonchev–Trinajstić information content (AvgIpc) is 2.74. The van der Waals surface area contributed by atoms with Crippen molar-refractivity contribution in [1.29, 1.82) is 0 Å². The molecule has 0 spiro atoms. The van der Waals surface area contributed by atoms with Gasteiger partial charge in [-0.15, -0.1) is 0 Å². The van der Waals surface area contributed by atoms with Crippen molar-refractivity contribution in [2.45, 2.75) is 78.1 Å². The third-order valence-corrected chi connectivity index (χ3v) is 8.29. The van der Waals surface area contributed by atoms with E-state index in [1.54, 1.807) is 0 Å². The molecule has 4 fully saturated rings. The Morgan fingerprint density at radius 2 is 1.75 bits per heavy atom. The van der Waals surface area contributed by atoms with E-state index in [0.29, 0.717) is 11.2 Å². The Kier molecular flexibility index (Phi) is 2.89. The van der Waals surface area contributed by atoms with Crippen molar-refractivity contribution in [3.8, 4) is 0 Å². The fraction of sp³-hybridized carbons (Fsp3) is 0.947. The largest absolute Gasteiger partial charge is 0.299 e. The molecule has 6 atom stereocenters. The number of Topliss-reactive ketones (excluding diaryl/α,β-unsaturated/α-hetero) is 1. The van der Waals surface area contributed by atoms with Gasteiger partial charge in [0.15, 0.2) is 0 Å². The lowest BCUT2D eigenvalue weighted by atomic mass is 9.45. The van der Waals surface area contributed by atoms with Gasteiger partial charge in [0.05, 0.1) is 0 Å². The predicted octanol–water partition coefficient (Wildman–Crippen LogP) is 4.99. The van der Waals surface area contributed by atoms with Crippen molar-refractivity contribution in [3.63, 3.8) is 0 Å². The number of rotatable bonds is 0. The van der Waals surface area contributed by atoms with Crippen molar-refractivity contribution in [2.75, 3.05) is 0 Å². The third-order valence-electron chi connectivity index (χ3n) is 8.29. The fourth-order valence-corrected chi connectivity index (χ4v) is 7.07. The Bertz CT molecular complexity index is 427. The smallest absolute Gasteiger partial charge is 0.139 e. The van der Waals surface area contributed by atoms with Gasteiger partial charge in [-0.2, -0.15) is 0 Å². The zero-order chi connectivity index (χ0) is 14.0. The van der Waals surface area contributed by atoms with Gasteiger partial charge in [0.2, 0.25) is 0 Å². The zero-order valence-electron chi connectivity index (χ0n) is 13.3. The molecule has 0 amide bonds. The molecule has 0 saturated heterocycles. The quantitative estimate of drug-likeness (QED) is 0.608. The van der Waals surface area contributed by atoms with Crippen molar-refractivity contribution in [1.82, 2.24) is 0 Å². The van der Waals surface area contributed by atoms with E-state index in [9.17, 15) is 4.79 Å². The van der Waals surface area contributed by atoms with E-state index in [4.69, 9.17) is 0 Å². The van der Waals surface area contributed by atoms with Gasteiger partial charge in [-0.05, 0) is 74.0 Å². The van der Waals surface area contributed by atoms with E-state index in [1.165, 1.54) is 57.8 Å². The van der Waals surface area contributed by atoms with Gasteiger partial charge in [0, 0.05) is 11.8 Å². The van der Waals surface area contributed by atoms with Crippen LogP contribution in [0.1, 0.15) is 78.1 Å². The summed E-state index contributed by atoms with van der Waals surface area (Å²) < 4.78 is 0. The van der Waals surface area contributed by atoms with Crippen LogP contribution in [0.2, 0.25) is 0 Å². The van der Waals surface area contributed by atoms with Crippen LogP contribution in [0.15, 0.2) is 0 Å². The molecule has 0 aromatic rings. The molecule has 0 aromatic carbocycles. The lowest BCUT2D eigenvalue weighted by Crippen LogP contribution is -2.52. The molecule has 0 aliphatic heterocycles. The molecule has 0 N–H and O–H groups in total. The molecular formula is C19H30O. The summed E-state index contributed by atoms with van der Waals surface area (Å²) >= 11 is 0. The highest BCUT2D eigenvalue weighted by Crippen LogP contribution is 2.65. The normalized spacial score (nSPS) is 55.0. The summed E-state index contributed by atoms with van der Waals surface area (Å²) in [5.41, 5.74) is 0.688. The lowest BCUT2D eigenvalue weighted by Gasteiger charge is -2.59. The minimum Gasteiger partial charge on any atom is -0.299 e. The monoisotopic (exact) mass is 274 g/mol. The zero-order valence-corrected chi connectivity index (χ0v) is 13.3. The average molecular weight is 274 g/mol. The van der Waals surface area contributed by atoms with Crippen LogP contribution in [0.5, 0.6) is 0 Å². The summed E-state index contributed by atoms with van der Waals surface area (Å²) in [6.45, 7) is 4.92. The first kappa shape index (κ1) is 13.3. The maximum absolute atomic E-state index is 12.4. The van der Waals surface area contributed by atoms with Crippen LogP contribution in [-0.2, 0) is 4.79 Å². The number of fused-ring (bicyclic) bond motifs is 5. The molecular weight excluding hydrogens is 244 g/mol. The van der Waals surface area contributed by atoms with Gasteiger partial charge < -0.3 is 0 Å². The highest BCUT2D eigenvalue weighted by Gasteiger charge is 2.59. The molecule has 0 bridgehead atoms. The molecule has 1 unspecified atom stereocenters. The van der Waals surface area contributed by atoms with Crippen LogP contribution in [0.3, 0.4) is 0 Å². The lowest BCUT2D eigenvalue weighted by molar-refractivity contribution is -0.138. The summed E-state index contributed by atoms with van der Waals surface area (Å²) in [5.74, 6) is 4.13. The number of ketones is 1. The topological polar surface area (TPSA) is 17.1 Å². The molecule has 1 nitrogen and oxygen atoms in total. The van der Waals surface area contributed by atoms with Gasteiger partial charge in [0.25, 0.3) is 0 Å². The molecule has 0 aromatic heterocycles. The van der Waals surface area contributed by atoms with E-state index in [2.05, 4.69) is 13.8 Å². The van der Waals surface area contributed by atoms with Crippen LogP contribution in [0.25, 0.3) is 0 Å². The van der Waals surface area contributed by atoms with Gasteiger partial charge in [-0.1, -0.05) is 26.7 Å². The maximum atomic E-state index is 12.4. The van der Waals surface area contributed by atoms with Crippen LogP contribution in [0.4, 0.5) is 0 Å². The van der Waals surface area contributed by atoms with Crippen LogP contribution in [0, 0.1) is 34.5 Å². The summed E-state index contributed by atoms with van der Waals surface area (Å²) in [4.78, 5) is 12.4. The van der Waals surface area contributed by atoms with E-state index < -0.39 is 0 Å². The van der Waals surface area contributed by atoms with Crippen molar-refractivity contribution in [2.24, 2.45) is 34.5 Å². The summed E-state index contributed by atoms with van der Waals surface area (Å²) in [6, 6.07) is 0. The molecule has 4 aliphatic carbocycles. The maximum Gasteiger partial charge on any atom is 0.139 e. The molecule has 4 rings (SSSR count). The van der Waals surface area contributed by atoms with Crippen LogP contribution in [-0.4, -0.2) is 5.78 Å². The second kappa shape index (κ2) is 4.34. The van der Waals surface area contributed by atoms with Gasteiger partial charge in [-0.25, -0.2) is 0 Å². The van der Waals surface area contributed by atoms with Gasteiger partial charge in [-0.3, -0.25) is 4.79 Å². The standard InChI is InChI=1S/C19H30O/c1-18-11-4-3-5-13(18)6-7-14-15-8-9-17(20)19(15,2)12-10-16(14)18/h13-16H,3-12H2,1-2H3/t13?,14-,15-,16-,18-,19+/m0/s1. The Hall–Kier alpha value is -0.330. The summed E-state index contributed by atoms with van der Waals surface area (Å²) in [5, 5.41) is 0. The highest BCUT2D eigenvalue weighted by molar-refractivity contribution is 5.87. The summed E-state index contributed by atoms with van der Waals surface area (Å²) in [6.07, 6.45) is 13.4. The Balaban J connectivity index is 1.66. The van der Waals surface area contributed by atoms with Gasteiger partial charge in [0.1, 0.15) is 5.78 Å². The predicted molar refractivity (Wildman–Crippen MR) is 81.4 cm³/mol. The number of carbonyl (C=O) groups excluding carboxylic acids is 1. The number of hydrogen-bond acceptors (Lipinski definition) is 1. The highest BCUT2D eigenvalue weighted by atomic mass is 16.1. The van der Waals surface area contributed by atoms with Crippen LogP contribution >= 0.6 is 0 Å². The van der Waals surface area contributed by atoms with Crippen LogP contribution < -0.4 is 0 Å². The van der Waals surface area contributed by atoms with E-state index in [1.807, 2.05) is 0 Å². The molecule has 20 heavy (non-hydrogen) atoms. The first-order valence-corrected chi connectivity index (χ1v) is 9.09. The number of carbonyl (C=O) groups is 1. The second-order valence-electron chi connectivity index (χ2n) is 8.82. The van der Waals surface area contributed by atoms with Crippen molar-refractivity contribution in [3.05, 3.63) is 0 Å². The Morgan fingerprint density at radius 1 is 0.900 bits per heavy atom. The minimum atomic E-state index is 0.0685. The Labute approximate surface area is 123 Å². The molecule has 0 heterocycles. The van der Waals surface area contributed by atoms with E-state index in [-0.39, 0.29) is 5.41 Å². The Morgan fingerprint density at radius 3 is 2.60 bits per heavy atom. The first-order valence-electron chi connectivity index (χ1n) is 9.09. The fourth-order valence-electron chi connectivity index (χ4n) is 7.07. The minimum absolute atomic E-state index is 0.0685. The van der Waals surface area contributed by atoms with E-state index >= 15 is 0 Å². The molecule has 4 saturated carbocycles. The van der Waals surface area contributed by atoms with Crippen molar-refractivity contribution < 1.29 is 4.79 Å². The number of hydrogen-bond donors (Lipinski definition) is 0. The molecule has 0 radical (unpaired) electrons. The second-order valence-corrected chi connectivity index (χ2v) is 8.82. The molecule has 1 heteroatoms. The third kappa shape index (κ3) is 1.58. The van der Waals surface area contributed by atoms with Crippen molar-refractivity contribution >= 4 is 5.78 Å².